The molecule has 0 radical (unpaired) electrons. The summed E-state index contributed by atoms with van der Waals surface area (Å²) >= 11 is 0. The molecule has 0 aromatic heterocycles. The van der Waals surface area contributed by atoms with E-state index < -0.39 is 29.5 Å². The zero-order valence-electron chi connectivity index (χ0n) is 15.5. The van der Waals surface area contributed by atoms with Crippen LogP contribution in [0.25, 0.3) is 0 Å². The van der Waals surface area contributed by atoms with E-state index in [1.807, 2.05) is 19.9 Å². The van der Waals surface area contributed by atoms with E-state index in [0.717, 1.165) is 5.56 Å². The maximum absolute atomic E-state index is 12.0. The second-order valence-electron chi connectivity index (χ2n) is 7.31. The largest absolute Gasteiger partial charge is 0.467 e. The van der Waals surface area contributed by atoms with Gasteiger partial charge in [-0.15, -0.1) is 0 Å². The highest BCUT2D eigenvalue weighted by Gasteiger charge is 2.32. The molecule has 1 aliphatic heterocycles. The Labute approximate surface area is 147 Å². The predicted octanol–water partition coefficient (Wildman–Crippen LogP) is 2.80. The summed E-state index contributed by atoms with van der Waals surface area (Å²) < 4.78 is 21.3. The summed E-state index contributed by atoms with van der Waals surface area (Å²) in [4.78, 5) is 24.0. The van der Waals surface area contributed by atoms with E-state index in [-0.39, 0.29) is 6.42 Å². The summed E-state index contributed by atoms with van der Waals surface area (Å²) in [5, 5.41) is 2.55. The van der Waals surface area contributed by atoms with Crippen molar-refractivity contribution in [2.45, 2.75) is 58.5 Å². The van der Waals surface area contributed by atoms with Gasteiger partial charge in [0.2, 0.25) is 5.79 Å². The molecule has 1 atom stereocenters. The summed E-state index contributed by atoms with van der Waals surface area (Å²) in [6.07, 6.45) is -0.437. The third-order valence-corrected chi connectivity index (χ3v) is 3.34. The Kier molecular flexibility index (Phi) is 5.15. The van der Waals surface area contributed by atoms with Crippen LogP contribution in [0.2, 0.25) is 0 Å². The van der Waals surface area contributed by atoms with Gasteiger partial charge in [-0.3, -0.25) is 0 Å². The number of carbonyl (C=O) groups excluding carboxylic acids is 2. The van der Waals surface area contributed by atoms with Crippen molar-refractivity contribution < 1.29 is 28.5 Å². The van der Waals surface area contributed by atoms with Gasteiger partial charge in [-0.25, -0.2) is 9.59 Å². The van der Waals surface area contributed by atoms with Gasteiger partial charge in [0.15, 0.2) is 11.5 Å². The van der Waals surface area contributed by atoms with E-state index in [1.165, 1.54) is 7.11 Å². The number of fused-ring (bicyclic) bond motifs is 1. The Hall–Kier alpha value is -2.44. The van der Waals surface area contributed by atoms with Crippen LogP contribution in [0.3, 0.4) is 0 Å². The topological polar surface area (TPSA) is 83.1 Å². The van der Waals surface area contributed by atoms with Gasteiger partial charge in [0.1, 0.15) is 11.6 Å². The SMILES string of the molecule is COC(=O)[C@H](Cc1ccc2c(c1)OC(C)(C)O2)NC(=O)OC(C)(C)C. The number of nitrogens with one attached hydrogen (secondary N) is 1. The second kappa shape index (κ2) is 6.82. The quantitative estimate of drug-likeness (QED) is 0.840. The maximum Gasteiger partial charge on any atom is 0.408 e. The first-order valence-corrected chi connectivity index (χ1v) is 8.07. The van der Waals surface area contributed by atoms with Gasteiger partial charge in [-0.05, 0) is 38.5 Å². The lowest BCUT2D eigenvalue weighted by atomic mass is 10.1. The first kappa shape index (κ1) is 18.9. The molecule has 0 bridgehead atoms. The Bertz CT molecular complexity index is 662. The molecule has 1 amide bonds. The zero-order valence-corrected chi connectivity index (χ0v) is 15.5. The van der Waals surface area contributed by atoms with Crippen molar-refractivity contribution in [3.63, 3.8) is 0 Å². The van der Waals surface area contributed by atoms with Gasteiger partial charge in [-0.1, -0.05) is 6.07 Å². The van der Waals surface area contributed by atoms with Crippen LogP contribution in [-0.2, 0) is 20.7 Å². The number of carbonyl (C=O) groups is 2. The van der Waals surface area contributed by atoms with Gasteiger partial charge in [0.05, 0.1) is 7.11 Å². The van der Waals surface area contributed by atoms with Crippen molar-refractivity contribution in [3.8, 4) is 11.5 Å². The average molecular weight is 351 g/mol. The number of ether oxygens (including phenoxy) is 4. The van der Waals surface area contributed by atoms with Crippen molar-refractivity contribution in [2.75, 3.05) is 7.11 Å². The second-order valence-corrected chi connectivity index (χ2v) is 7.31. The number of methoxy groups -OCH3 is 1. The Balaban J connectivity index is 2.11. The van der Waals surface area contributed by atoms with Crippen LogP contribution in [0, 0.1) is 0 Å². The van der Waals surface area contributed by atoms with Crippen molar-refractivity contribution in [2.24, 2.45) is 0 Å². The van der Waals surface area contributed by atoms with Crippen molar-refractivity contribution in [1.82, 2.24) is 5.32 Å². The van der Waals surface area contributed by atoms with E-state index in [9.17, 15) is 9.59 Å². The molecule has 0 aliphatic carbocycles. The van der Waals surface area contributed by atoms with Crippen LogP contribution in [-0.4, -0.2) is 36.6 Å². The molecule has 0 saturated heterocycles. The summed E-state index contributed by atoms with van der Waals surface area (Å²) in [6.45, 7) is 8.87. The highest BCUT2D eigenvalue weighted by Crippen LogP contribution is 2.39. The van der Waals surface area contributed by atoms with Gasteiger partial charge in [0.25, 0.3) is 0 Å². The third kappa shape index (κ3) is 5.27. The summed E-state index contributed by atoms with van der Waals surface area (Å²) in [7, 11) is 1.27. The van der Waals surface area contributed by atoms with Crippen molar-refractivity contribution in [1.29, 1.82) is 0 Å². The highest BCUT2D eigenvalue weighted by atomic mass is 16.7. The molecule has 2 rings (SSSR count). The maximum atomic E-state index is 12.0. The van der Waals surface area contributed by atoms with E-state index in [2.05, 4.69) is 5.32 Å². The standard InChI is InChI=1S/C18H25NO6/c1-17(2,3)25-16(21)19-12(15(20)22-6)9-11-7-8-13-14(10-11)24-18(4,5)23-13/h7-8,10,12H,9H2,1-6H3,(H,19,21)/t12-/m0/s1. The highest BCUT2D eigenvalue weighted by molar-refractivity contribution is 5.81. The molecule has 7 heteroatoms. The minimum absolute atomic E-state index is 0.239. The van der Waals surface area contributed by atoms with E-state index in [1.54, 1.807) is 32.9 Å². The van der Waals surface area contributed by atoms with E-state index in [4.69, 9.17) is 18.9 Å². The molecule has 0 unspecified atom stereocenters. The van der Waals surface area contributed by atoms with Crippen LogP contribution < -0.4 is 14.8 Å². The number of esters is 1. The van der Waals surface area contributed by atoms with Crippen molar-refractivity contribution in [3.05, 3.63) is 23.8 Å². The van der Waals surface area contributed by atoms with Crippen LogP contribution in [0.1, 0.15) is 40.2 Å². The smallest absolute Gasteiger partial charge is 0.408 e. The molecule has 0 saturated carbocycles. The van der Waals surface area contributed by atoms with E-state index >= 15 is 0 Å². The van der Waals surface area contributed by atoms with Gasteiger partial charge < -0.3 is 24.3 Å². The number of benzene rings is 1. The van der Waals surface area contributed by atoms with Gasteiger partial charge >= 0.3 is 12.1 Å². The predicted molar refractivity (Wildman–Crippen MR) is 90.7 cm³/mol. The molecular weight excluding hydrogens is 326 g/mol. The number of amides is 1. The number of rotatable bonds is 4. The molecular formula is C18H25NO6. The molecule has 138 valence electrons. The first-order chi connectivity index (χ1) is 11.5. The molecule has 1 aromatic rings. The molecule has 1 N–H and O–H groups in total. The summed E-state index contributed by atoms with van der Waals surface area (Å²) in [5.41, 5.74) is 0.140. The fourth-order valence-electron chi connectivity index (χ4n) is 2.42. The fraction of sp³-hybridized carbons (Fsp3) is 0.556. The fourth-order valence-corrected chi connectivity index (χ4v) is 2.42. The summed E-state index contributed by atoms with van der Waals surface area (Å²) in [5.74, 6) is -0.0343. The lowest BCUT2D eigenvalue weighted by Crippen LogP contribution is -2.45. The number of hydrogen-bond acceptors (Lipinski definition) is 6. The summed E-state index contributed by atoms with van der Waals surface area (Å²) in [6, 6.07) is 4.52. The normalized spacial score (nSPS) is 16.1. The van der Waals surface area contributed by atoms with Crippen LogP contribution in [0.5, 0.6) is 11.5 Å². The number of hydrogen-bond donors (Lipinski definition) is 1. The van der Waals surface area contributed by atoms with E-state index in [0.29, 0.717) is 11.5 Å². The minimum atomic E-state index is -0.867. The zero-order chi connectivity index (χ0) is 18.8. The van der Waals surface area contributed by atoms with Crippen LogP contribution >= 0.6 is 0 Å². The Morgan fingerprint density at radius 3 is 2.44 bits per heavy atom. The minimum Gasteiger partial charge on any atom is -0.467 e. The molecule has 1 aliphatic rings. The first-order valence-electron chi connectivity index (χ1n) is 8.07. The lowest BCUT2D eigenvalue weighted by molar-refractivity contribution is -0.143. The molecule has 0 spiro atoms. The molecule has 0 fully saturated rings. The monoisotopic (exact) mass is 351 g/mol. The van der Waals surface area contributed by atoms with Crippen LogP contribution in [0.15, 0.2) is 18.2 Å². The molecule has 7 nitrogen and oxygen atoms in total. The average Bonchev–Trinajstić information content (AvgIpc) is 2.76. The molecule has 1 aromatic carbocycles. The Morgan fingerprint density at radius 1 is 1.20 bits per heavy atom. The Morgan fingerprint density at radius 2 is 1.84 bits per heavy atom. The lowest BCUT2D eigenvalue weighted by Gasteiger charge is -2.22. The third-order valence-electron chi connectivity index (χ3n) is 3.34. The number of alkyl carbamates (subject to hydrolysis) is 1. The molecule has 1 heterocycles. The van der Waals surface area contributed by atoms with Gasteiger partial charge in [0, 0.05) is 20.3 Å². The molecule has 25 heavy (non-hydrogen) atoms. The van der Waals surface area contributed by atoms with Crippen molar-refractivity contribution >= 4 is 12.1 Å². The van der Waals surface area contributed by atoms with Gasteiger partial charge in [-0.2, -0.15) is 0 Å². The van der Waals surface area contributed by atoms with Crippen LogP contribution in [0.4, 0.5) is 4.79 Å².